The smallest absolute Gasteiger partial charge is 0.253 e. The van der Waals surface area contributed by atoms with Gasteiger partial charge >= 0.3 is 0 Å². The van der Waals surface area contributed by atoms with Crippen molar-refractivity contribution >= 4 is 17.5 Å². The number of halogens is 2. The van der Waals surface area contributed by atoms with E-state index in [0.717, 1.165) is 11.3 Å². The average Bonchev–Trinajstić information content (AvgIpc) is 2.79. The first-order valence-electron chi connectivity index (χ1n) is 11.2. The van der Waals surface area contributed by atoms with Crippen molar-refractivity contribution in [1.82, 2.24) is 9.88 Å². The van der Waals surface area contributed by atoms with Crippen molar-refractivity contribution in [3.05, 3.63) is 76.8 Å². The fourth-order valence-corrected chi connectivity index (χ4v) is 4.37. The molecule has 1 N–H and O–H groups in total. The fourth-order valence-electron chi connectivity index (χ4n) is 4.09. The van der Waals surface area contributed by atoms with Gasteiger partial charge in [0.1, 0.15) is 5.82 Å². The van der Waals surface area contributed by atoms with Crippen LogP contribution in [0.1, 0.15) is 49.7 Å². The standard InChI is InChI=1S/C27H28ClFN2O2/c1-27(2,3)24-16-17(9-12-30-24)20-5-4-6-22(25(20)29)21-8-7-18(15-23(21)28)26(33)31-13-10-19(32)11-14-31/h4-9,12,15-16,19,32H,10-11,13-14H2,1-3H3. The molecule has 1 saturated heterocycles. The molecule has 1 aromatic heterocycles. The van der Waals surface area contributed by atoms with E-state index in [2.05, 4.69) is 25.8 Å². The lowest BCUT2D eigenvalue weighted by molar-refractivity contribution is 0.0546. The van der Waals surface area contributed by atoms with Crippen molar-refractivity contribution in [3.8, 4) is 22.3 Å². The molecule has 0 aliphatic carbocycles. The lowest BCUT2D eigenvalue weighted by atomic mass is 9.89. The number of rotatable bonds is 3. The Balaban J connectivity index is 1.66. The van der Waals surface area contributed by atoms with E-state index in [9.17, 15) is 9.90 Å². The highest BCUT2D eigenvalue weighted by Crippen LogP contribution is 2.36. The molecule has 0 saturated carbocycles. The molecule has 33 heavy (non-hydrogen) atoms. The van der Waals surface area contributed by atoms with Crippen LogP contribution < -0.4 is 0 Å². The van der Waals surface area contributed by atoms with E-state index >= 15 is 4.39 Å². The first kappa shape index (κ1) is 23.4. The second-order valence-corrected chi connectivity index (χ2v) is 9.97. The molecule has 2 aromatic carbocycles. The van der Waals surface area contributed by atoms with Gasteiger partial charge in [0.05, 0.1) is 6.10 Å². The number of hydrogen-bond donors (Lipinski definition) is 1. The van der Waals surface area contributed by atoms with Crippen LogP contribution in [0.4, 0.5) is 4.39 Å². The molecular weight excluding hydrogens is 439 g/mol. The number of aliphatic hydroxyl groups excluding tert-OH is 1. The molecule has 0 unspecified atom stereocenters. The van der Waals surface area contributed by atoms with Gasteiger partial charge < -0.3 is 10.0 Å². The Morgan fingerprint density at radius 1 is 1.06 bits per heavy atom. The van der Waals surface area contributed by atoms with Crippen LogP contribution in [0.5, 0.6) is 0 Å². The maximum Gasteiger partial charge on any atom is 0.253 e. The summed E-state index contributed by atoms with van der Waals surface area (Å²) in [7, 11) is 0. The minimum Gasteiger partial charge on any atom is -0.393 e. The van der Waals surface area contributed by atoms with Gasteiger partial charge in [-0.1, -0.05) is 56.6 Å². The number of benzene rings is 2. The van der Waals surface area contributed by atoms with E-state index in [-0.39, 0.29) is 23.2 Å². The van der Waals surface area contributed by atoms with E-state index < -0.39 is 0 Å². The molecule has 6 heteroatoms. The van der Waals surface area contributed by atoms with Crippen LogP contribution in [0, 0.1) is 5.82 Å². The first-order valence-corrected chi connectivity index (χ1v) is 11.6. The molecule has 3 aromatic rings. The summed E-state index contributed by atoms with van der Waals surface area (Å²) in [6.07, 6.45) is 2.49. The third-order valence-electron chi connectivity index (χ3n) is 6.10. The van der Waals surface area contributed by atoms with E-state index in [1.54, 1.807) is 53.6 Å². The number of aliphatic hydroxyl groups is 1. The van der Waals surface area contributed by atoms with E-state index in [1.165, 1.54) is 0 Å². The Labute approximate surface area is 199 Å². The van der Waals surface area contributed by atoms with Crippen LogP contribution in [0.2, 0.25) is 5.02 Å². The second kappa shape index (κ2) is 9.24. The largest absolute Gasteiger partial charge is 0.393 e. The Morgan fingerprint density at radius 2 is 1.76 bits per heavy atom. The number of likely N-dealkylation sites (tertiary alicyclic amines) is 1. The number of carbonyl (C=O) groups is 1. The number of nitrogens with zero attached hydrogens (tertiary/aromatic N) is 2. The number of pyridine rings is 1. The van der Waals surface area contributed by atoms with Gasteiger partial charge in [-0.05, 0) is 42.7 Å². The summed E-state index contributed by atoms with van der Waals surface area (Å²) >= 11 is 6.54. The number of piperidine rings is 1. The fraction of sp³-hybridized carbons (Fsp3) is 0.333. The zero-order valence-corrected chi connectivity index (χ0v) is 19.9. The number of aromatic nitrogens is 1. The van der Waals surface area contributed by atoms with Crippen LogP contribution in [-0.2, 0) is 5.41 Å². The molecule has 0 spiro atoms. The number of carbonyl (C=O) groups excluding carboxylic acids is 1. The van der Waals surface area contributed by atoms with Crippen LogP contribution in [0.25, 0.3) is 22.3 Å². The third-order valence-corrected chi connectivity index (χ3v) is 6.41. The molecule has 2 heterocycles. The summed E-state index contributed by atoms with van der Waals surface area (Å²) in [6, 6.07) is 13.9. The minimum absolute atomic E-state index is 0.129. The molecule has 1 aliphatic heterocycles. The number of amides is 1. The third kappa shape index (κ3) is 4.94. The summed E-state index contributed by atoms with van der Waals surface area (Å²) < 4.78 is 15.7. The van der Waals surface area contributed by atoms with Gasteiger partial charge in [-0.3, -0.25) is 9.78 Å². The van der Waals surface area contributed by atoms with Crippen LogP contribution >= 0.6 is 11.6 Å². The number of hydrogen-bond acceptors (Lipinski definition) is 3. The van der Waals surface area contributed by atoms with Crippen molar-refractivity contribution in [1.29, 1.82) is 0 Å². The van der Waals surface area contributed by atoms with Gasteiger partial charge in [-0.25, -0.2) is 4.39 Å². The lowest BCUT2D eigenvalue weighted by Crippen LogP contribution is -2.40. The normalized spacial score (nSPS) is 15.0. The van der Waals surface area contributed by atoms with E-state index in [1.807, 2.05) is 6.07 Å². The molecule has 1 fully saturated rings. The van der Waals surface area contributed by atoms with Gasteiger partial charge in [-0.15, -0.1) is 0 Å². The van der Waals surface area contributed by atoms with Crippen molar-refractivity contribution in [2.45, 2.75) is 45.1 Å². The average molecular weight is 467 g/mol. The summed E-state index contributed by atoms with van der Waals surface area (Å²) in [4.78, 5) is 19.0. The van der Waals surface area contributed by atoms with Crippen LogP contribution in [0.15, 0.2) is 54.7 Å². The maximum atomic E-state index is 15.7. The predicted molar refractivity (Wildman–Crippen MR) is 130 cm³/mol. The first-order chi connectivity index (χ1) is 15.6. The van der Waals surface area contributed by atoms with Crippen molar-refractivity contribution < 1.29 is 14.3 Å². The molecule has 1 amide bonds. The molecule has 0 bridgehead atoms. The summed E-state index contributed by atoms with van der Waals surface area (Å²) in [5, 5.41) is 9.99. The molecule has 0 atom stereocenters. The molecular formula is C27H28ClFN2O2. The second-order valence-electron chi connectivity index (χ2n) is 9.56. The van der Waals surface area contributed by atoms with Crippen LogP contribution in [0.3, 0.4) is 0 Å². The summed E-state index contributed by atoms with van der Waals surface area (Å²) in [5.74, 6) is -0.495. The van der Waals surface area contributed by atoms with E-state index in [4.69, 9.17) is 11.6 Å². The van der Waals surface area contributed by atoms with E-state index in [0.29, 0.717) is 53.2 Å². The zero-order valence-electron chi connectivity index (χ0n) is 19.1. The Hall–Kier alpha value is -2.76. The monoisotopic (exact) mass is 466 g/mol. The van der Waals surface area contributed by atoms with Crippen molar-refractivity contribution in [3.63, 3.8) is 0 Å². The lowest BCUT2D eigenvalue weighted by Gasteiger charge is -2.29. The van der Waals surface area contributed by atoms with Crippen molar-refractivity contribution in [2.75, 3.05) is 13.1 Å². The zero-order chi connectivity index (χ0) is 23.8. The van der Waals surface area contributed by atoms with Gasteiger partial charge in [0.25, 0.3) is 5.91 Å². The van der Waals surface area contributed by atoms with Gasteiger partial charge in [-0.2, -0.15) is 0 Å². The van der Waals surface area contributed by atoms with Gasteiger partial charge in [0, 0.05) is 57.7 Å². The Kier molecular flexibility index (Phi) is 6.55. The van der Waals surface area contributed by atoms with Crippen LogP contribution in [-0.4, -0.2) is 40.1 Å². The highest BCUT2D eigenvalue weighted by Gasteiger charge is 2.23. The molecule has 4 rings (SSSR count). The van der Waals surface area contributed by atoms with Gasteiger partial charge in [0.2, 0.25) is 0 Å². The van der Waals surface area contributed by atoms with Crippen molar-refractivity contribution in [2.24, 2.45) is 0 Å². The molecule has 172 valence electrons. The topological polar surface area (TPSA) is 53.4 Å². The Bertz CT molecular complexity index is 1180. The predicted octanol–water partition coefficient (Wildman–Crippen LogP) is 6.10. The summed E-state index contributed by atoms with van der Waals surface area (Å²) in [6.45, 7) is 7.23. The molecule has 0 radical (unpaired) electrons. The highest BCUT2D eigenvalue weighted by atomic mass is 35.5. The van der Waals surface area contributed by atoms with Gasteiger partial charge in [0.15, 0.2) is 0 Å². The molecule has 1 aliphatic rings. The molecule has 4 nitrogen and oxygen atoms in total. The minimum atomic E-state index is -0.366. The Morgan fingerprint density at radius 3 is 2.42 bits per heavy atom. The maximum absolute atomic E-state index is 15.7. The summed E-state index contributed by atoms with van der Waals surface area (Å²) in [5.41, 5.74) is 3.34. The SMILES string of the molecule is CC(C)(C)c1cc(-c2cccc(-c3ccc(C(=O)N4CCC(O)CC4)cc3Cl)c2F)ccn1. The quantitative estimate of drug-likeness (QED) is 0.507. The highest BCUT2D eigenvalue weighted by molar-refractivity contribution is 6.33.